The summed E-state index contributed by atoms with van der Waals surface area (Å²) in [4.78, 5) is 23.9. The number of benzene rings is 1. The number of aromatic nitrogens is 4. The molecule has 1 N–H and O–H groups in total. The minimum absolute atomic E-state index is 0.193. The monoisotopic (exact) mass is 323 g/mol. The SMILES string of the molecule is Cn1nc(C(=O)NC(Cn2cccn2)c2ccccc2)ccc1=O. The largest absolute Gasteiger partial charge is 0.342 e. The standard InChI is InChI=1S/C17H17N5O2/c1-21-16(23)9-8-14(20-21)17(24)19-15(12-22-11-5-10-18-22)13-6-3-2-4-7-13/h2-11,15H,12H2,1H3,(H,19,24). The molecule has 1 atom stereocenters. The molecule has 0 saturated heterocycles. The van der Waals surface area contributed by atoms with Crippen molar-refractivity contribution >= 4 is 5.91 Å². The Bertz CT molecular complexity index is 872. The maximum Gasteiger partial charge on any atom is 0.272 e. The van der Waals surface area contributed by atoms with E-state index in [1.165, 1.54) is 19.2 Å². The van der Waals surface area contributed by atoms with Gasteiger partial charge in [0.2, 0.25) is 0 Å². The van der Waals surface area contributed by atoms with Gasteiger partial charge in [0.15, 0.2) is 0 Å². The van der Waals surface area contributed by atoms with Gasteiger partial charge < -0.3 is 5.32 Å². The van der Waals surface area contributed by atoms with E-state index < -0.39 is 0 Å². The number of hydrogen-bond acceptors (Lipinski definition) is 4. The Balaban J connectivity index is 1.84. The van der Waals surface area contributed by atoms with Crippen LogP contribution in [0, 0.1) is 0 Å². The number of carbonyl (C=O) groups excluding carboxylic acids is 1. The smallest absolute Gasteiger partial charge is 0.272 e. The third kappa shape index (κ3) is 3.57. The average Bonchev–Trinajstić information content (AvgIpc) is 3.10. The highest BCUT2D eigenvalue weighted by molar-refractivity contribution is 5.92. The van der Waals surface area contributed by atoms with E-state index in [1.807, 2.05) is 42.6 Å². The van der Waals surface area contributed by atoms with Crippen LogP contribution in [0.2, 0.25) is 0 Å². The molecule has 7 heteroatoms. The third-order valence-corrected chi connectivity index (χ3v) is 3.63. The van der Waals surface area contributed by atoms with Crippen molar-refractivity contribution in [1.82, 2.24) is 24.9 Å². The van der Waals surface area contributed by atoms with Gasteiger partial charge in [-0.3, -0.25) is 14.3 Å². The number of rotatable bonds is 5. The van der Waals surface area contributed by atoms with E-state index in [2.05, 4.69) is 15.5 Å². The van der Waals surface area contributed by atoms with Crippen LogP contribution >= 0.6 is 0 Å². The van der Waals surface area contributed by atoms with Crippen LogP contribution in [0.25, 0.3) is 0 Å². The van der Waals surface area contributed by atoms with Crippen molar-refractivity contribution in [3.05, 3.63) is 82.5 Å². The maximum atomic E-state index is 12.5. The van der Waals surface area contributed by atoms with Crippen molar-refractivity contribution in [3.8, 4) is 0 Å². The Kier molecular flexibility index (Phi) is 4.51. The number of amides is 1. The van der Waals surface area contributed by atoms with Crippen molar-refractivity contribution < 1.29 is 4.79 Å². The number of aryl methyl sites for hydroxylation is 1. The molecule has 1 aromatic carbocycles. The molecule has 122 valence electrons. The summed E-state index contributed by atoms with van der Waals surface area (Å²) in [6, 6.07) is 14.0. The highest BCUT2D eigenvalue weighted by atomic mass is 16.2. The first kappa shape index (κ1) is 15.7. The van der Waals surface area contributed by atoms with Crippen LogP contribution in [0.5, 0.6) is 0 Å². The lowest BCUT2D eigenvalue weighted by atomic mass is 10.1. The van der Waals surface area contributed by atoms with Gasteiger partial charge in [-0.1, -0.05) is 30.3 Å². The Labute approximate surface area is 138 Å². The number of nitrogens with one attached hydrogen (secondary N) is 1. The fourth-order valence-corrected chi connectivity index (χ4v) is 2.37. The van der Waals surface area contributed by atoms with Crippen molar-refractivity contribution in [2.24, 2.45) is 7.05 Å². The van der Waals surface area contributed by atoms with Crippen molar-refractivity contribution in [2.45, 2.75) is 12.6 Å². The molecule has 1 unspecified atom stereocenters. The predicted octanol–water partition coefficient (Wildman–Crippen LogP) is 1.15. The van der Waals surface area contributed by atoms with Crippen LogP contribution < -0.4 is 10.9 Å². The topological polar surface area (TPSA) is 81.8 Å². The molecule has 0 spiro atoms. The molecular formula is C17H17N5O2. The predicted molar refractivity (Wildman–Crippen MR) is 88.4 cm³/mol. The lowest BCUT2D eigenvalue weighted by molar-refractivity contribution is 0.0924. The zero-order valence-electron chi connectivity index (χ0n) is 13.2. The highest BCUT2D eigenvalue weighted by Gasteiger charge is 2.18. The molecule has 3 rings (SSSR count). The summed E-state index contributed by atoms with van der Waals surface area (Å²) in [5, 5.41) is 11.1. The van der Waals surface area contributed by atoms with Crippen LogP contribution in [0.15, 0.2) is 65.7 Å². The molecule has 0 fully saturated rings. The van der Waals surface area contributed by atoms with E-state index in [0.29, 0.717) is 6.54 Å². The van der Waals surface area contributed by atoms with Crippen molar-refractivity contribution in [2.75, 3.05) is 0 Å². The molecule has 0 aliphatic heterocycles. The molecule has 0 bridgehead atoms. The van der Waals surface area contributed by atoms with E-state index in [-0.39, 0.29) is 23.2 Å². The Morgan fingerprint density at radius 3 is 2.62 bits per heavy atom. The quantitative estimate of drug-likeness (QED) is 0.763. The van der Waals surface area contributed by atoms with E-state index >= 15 is 0 Å². The second kappa shape index (κ2) is 6.91. The normalized spacial score (nSPS) is 11.9. The number of carbonyl (C=O) groups is 1. The van der Waals surface area contributed by atoms with E-state index in [4.69, 9.17) is 0 Å². The Morgan fingerprint density at radius 2 is 1.96 bits per heavy atom. The minimum atomic E-state index is -0.341. The fraction of sp³-hybridized carbons (Fsp3) is 0.176. The first-order chi connectivity index (χ1) is 11.6. The molecular weight excluding hydrogens is 306 g/mol. The summed E-state index contributed by atoms with van der Waals surface area (Å²) in [5.41, 5.74) is 0.896. The molecule has 0 aliphatic carbocycles. The third-order valence-electron chi connectivity index (χ3n) is 3.63. The molecule has 0 aliphatic rings. The zero-order valence-corrected chi connectivity index (χ0v) is 13.2. The van der Waals surface area contributed by atoms with Gasteiger partial charge in [-0.25, -0.2) is 4.68 Å². The molecule has 0 radical (unpaired) electrons. The van der Waals surface area contributed by atoms with Gasteiger partial charge in [0.05, 0.1) is 12.6 Å². The lowest BCUT2D eigenvalue weighted by Gasteiger charge is -2.19. The van der Waals surface area contributed by atoms with Crippen LogP contribution in [0.4, 0.5) is 0 Å². The van der Waals surface area contributed by atoms with Gasteiger partial charge in [-0.2, -0.15) is 10.2 Å². The summed E-state index contributed by atoms with van der Waals surface area (Å²) in [5.74, 6) is -0.341. The van der Waals surface area contributed by atoms with Crippen LogP contribution in [0.3, 0.4) is 0 Å². The summed E-state index contributed by atoms with van der Waals surface area (Å²) in [7, 11) is 1.51. The summed E-state index contributed by atoms with van der Waals surface area (Å²) in [6.07, 6.45) is 3.53. The van der Waals surface area contributed by atoms with Gasteiger partial charge in [0, 0.05) is 25.5 Å². The van der Waals surface area contributed by atoms with Gasteiger partial charge in [0.25, 0.3) is 11.5 Å². The highest BCUT2D eigenvalue weighted by Crippen LogP contribution is 2.15. The molecule has 3 aromatic rings. The Hall–Kier alpha value is -3.22. The first-order valence-electron chi connectivity index (χ1n) is 7.51. The second-order valence-corrected chi connectivity index (χ2v) is 5.35. The van der Waals surface area contributed by atoms with Gasteiger partial charge in [-0.05, 0) is 17.7 Å². The molecule has 2 aromatic heterocycles. The van der Waals surface area contributed by atoms with E-state index in [0.717, 1.165) is 10.2 Å². The molecule has 2 heterocycles. The van der Waals surface area contributed by atoms with E-state index in [9.17, 15) is 9.59 Å². The second-order valence-electron chi connectivity index (χ2n) is 5.35. The van der Waals surface area contributed by atoms with Crippen LogP contribution in [-0.2, 0) is 13.6 Å². The summed E-state index contributed by atoms with van der Waals surface area (Å²) in [6.45, 7) is 0.495. The van der Waals surface area contributed by atoms with Crippen molar-refractivity contribution in [3.63, 3.8) is 0 Å². The van der Waals surface area contributed by atoms with Crippen LogP contribution in [0.1, 0.15) is 22.1 Å². The van der Waals surface area contributed by atoms with Crippen molar-refractivity contribution in [1.29, 1.82) is 0 Å². The maximum absolute atomic E-state index is 12.5. The molecule has 7 nitrogen and oxygen atoms in total. The summed E-state index contributed by atoms with van der Waals surface area (Å²) >= 11 is 0. The number of nitrogens with zero attached hydrogens (tertiary/aromatic N) is 4. The Morgan fingerprint density at radius 1 is 1.17 bits per heavy atom. The lowest BCUT2D eigenvalue weighted by Crippen LogP contribution is -2.33. The summed E-state index contributed by atoms with van der Waals surface area (Å²) < 4.78 is 2.89. The van der Waals surface area contributed by atoms with Crippen LogP contribution in [-0.4, -0.2) is 25.5 Å². The number of hydrogen-bond donors (Lipinski definition) is 1. The molecule has 1 amide bonds. The zero-order chi connectivity index (χ0) is 16.9. The molecule has 0 saturated carbocycles. The minimum Gasteiger partial charge on any atom is -0.342 e. The van der Waals surface area contributed by atoms with Gasteiger partial charge in [0.1, 0.15) is 5.69 Å². The first-order valence-corrected chi connectivity index (χ1v) is 7.51. The van der Waals surface area contributed by atoms with Gasteiger partial charge >= 0.3 is 0 Å². The van der Waals surface area contributed by atoms with Gasteiger partial charge in [-0.15, -0.1) is 0 Å². The molecule has 24 heavy (non-hydrogen) atoms. The average molecular weight is 323 g/mol. The van der Waals surface area contributed by atoms with E-state index in [1.54, 1.807) is 10.9 Å². The fourth-order valence-electron chi connectivity index (χ4n) is 2.37.